The molecular formula is C10H16N2O4. The number of aliphatic carboxylic acids is 1. The summed E-state index contributed by atoms with van der Waals surface area (Å²) in [5.41, 5.74) is 0. The van der Waals surface area contributed by atoms with Crippen molar-refractivity contribution in [2.45, 2.75) is 6.04 Å². The molecule has 0 amide bonds. The van der Waals surface area contributed by atoms with Gasteiger partial charge in [0.25, 0.3) is 0 Å². The van der Waals surface area contributed by atoms with Crippen LogP contribution >= 0.6 is 0 Å². The second kappa shape index (κ2) is 4.71. The molecule has 0 aromatic carbocycles. The van der Waals surface area contributed by atoms with E-state index in [0.29, 0.717) is 5.76 Å². The maximum absolute atomic E-state index is 11.2. The van der Waals surface area contributed by atoms with E-state index in [9.17, 15) is 9.90 Å². The smallest absolute Gasteiger partial charge is 0.328 e. The summed E-state index contributed by atoms with van der Waals surface area (Å²) in [6, 6.07) is -0.712. The van der Waals surface area contributed by atoms with Gasteiger partial charge in [0.05, 0.1) is 0 Å². The molecule has 2 aliphatic rings. The van der Waals surface area contributed by atoms with Gasteiger partial charge >= 0.3 is 5.97 Å². The molecule has 0 aromatic heterocycles. The number of piperazine rings is 1. The summed E-state index contributed by atoms with van der Waals surface area (Å²) in [5, 5.41) is 9.22. The van der Waals surface area contributed by atoms with E-state index >= 15 is 0 Å². The van der Waals surface area contributed by atoms with Gasteiger partial charge in [-0.25, -0.2) is 0 Å². The van der Waals surface area contributed by atoms with Crippen LogP contribution in [0.4, 0.5) is 0 Å². The Kier molecular flexibility index (Phi) is 3.31. The van der Waals surface area contributed by atoms with Crippen molar-refractivity contribution in [3.05, 3.63) is 12.0 Å². The number of rotatable bonds is 3. The fourth-order valence-electron chi connectivity index (χ4n) is 1.93. The molecule has 0 bridgehead atoms. The molecule has 1 unspecified atom stereocenters. The molecule has 0 saturated carbocycles. The summed E-state index contributed by atoms with van der Waals surface area (Å²) in [6.07, 6.45) is 1.40. The molecule has 1 atom stereocenters. The minimum Gasteiger partial charge on any atom is -0.480 e. The first-order valence-electron chi connectivity index (χ1n) is 5.28. The van der Waals surface area contributed by atoms with Gasteiger partial charge in [-0.1, -0.05) is 0 Å². The Labute approximate surface area is 94.0 Å². The van der Waals surface area contributed by atoms with Gasteiger partial charge in [0.2, 0.25) is 6.79 Å². The molecule has 2 heterocycles. The van der Waals surface area contributed by atoms with Crippen molar-refractivity contribution in [1.82, 2.24) is 9.80 Å². The number of hydrogen-bond donors (Lipinski definition) is 1. The molecule has 0 aromatic rings. The molecule has 1 fully saturated rings. The van der Waals surface area contributed by atoms with E-state index in [1.807, 2.05) is 11.9 Å². The van der Waals surface area contributed by atoms with Crippen LogP contribution in [-0.2, 0) is 14.3 Å². The minimum atomic E-state index is -0.888. The van der Waals surface area contributed by atoms with E-state index in [1.165, 1.54) is 6.26 Å². The van der Waals surface area contributed by atoms with Crippen molar-refractivity contribution < 1.29 is 19.4 Å². The average molecular weight is 228 g/mol. The van der Waals surface area contributed by atoms with Gasteiger partial charge in [0.1, 0.15) is 6.26 Å². The fraction of sp³-hybridized carbons (Fsp3) is 0.700. The number of likely N-dealkylation sites (N-methyl/N-ethyl adjacent to an activating group) is 1. The van der Waals surface area contributed by atoms with Crippen LogP contribution in [0.15, 0.2) is 12.0 Å². The number of carboxylic acid groups (broad SMARTS) is 1. The van der Waals surface area contributed by atoms with Gasteiger partial charge in [-0.2, -0.15) is 0 Å². The Balaban J connectivity index is 2.04. The largest absolute Gasteiger partial charge is 0.480 e. The lowest BCUT2D eigenvalue weighted by Gasteiger charge is -2.35. The molecule has 0 aliphatic carbocycles. The van der Waals surface area contributed by atoms with Gasteiger partial charge in [0.15, 0.2) is 11.8 Å². The van der Waals surface area contributed by atoms with Crippen LogP contribution in [0.5, 0.6) is 0 Å². The average Bonchev–Trinajstić information content (AvgIpc) is 2.74. The number of ether oxygens (including phenoxy) is 2. The third-order valence-electron chi connectivity index (χ3n) is 2.90. The van der Waals surface area contributed by atoms with E-state index in [4.69, 9.17) is 9.47 Å². The van der Waals surface area contributed by atoms with Crippen LogP contribution < -0.4 is 0 Å². The zero-order valence-electron chi connectivity index (χ0n) is 9.26. The first-order chi connectivity index (χ1) is 7.68. The van der Waals surface area contributed by atoms with Crippen molar-refractivity contribution in [3.8, 4) is 0 Å². The molecule has 6 heteroatoms. The highest BCUT2D eigenvalue weighted by atomic mass is 16.7. The van der Waals surface area contributed by atoms with Crippen molar-refractivity contribution >= 4 is 5.97 Å². The van der Waals surface area contributed by atoms with E-state index in [1.54, 1.807) is 0 Å². The second-order valence-corrected chi connectivity index (χ2v) is 4.03. The molecule has 2 aliphatic heterocycles. The van der Waals surface area contributed by atoms with Crippen LogP contribution in [-0.4, -0.2) is 66.9 Å². The van der Waals surface area contributed by atoms with Crippen LogP contribution in [0.1, 0.15) is 0 Å². The molecule has 1 N–H and O–H groups in total. The Hall–Kier alpha value is -1.27. The number of nitrogens with zero attached hydrogens (tertiary/aromatic N) is 2. The number of carbonyl (C=O) groups is 1. The van der Waals surface area contributed by atoms with Gasteiger partial charge in [-0.05, 0) is 7.05 Å². The number of carboxylic acids is 1. The van der Waals surface area contributed by atoms with Crippen molar-refractivity contribution in [2.75, 3.05) is 40.0 Å². The summed E-state index contributed by atoms with van der Waals surface area (Å²) in [7, 11) is 2.03. The van der Waals surface area contributed by atoms with Crippen LogP contribution in [0.2, 0.25) is 0 Å². The normalized spacial score (nSPS) is 24.4. The quantitative estimate of drug-likeness (QED) is 0.705. The van der Waals surface area contributed by atoms with Crippen LogP contribution in [0.3, 0.4) is 0 Å². The fourth-order valence-corrected chi connectivity index (χ4v) is 1.93. The lowest BCUT2D eigenvalue weighted by molar-refractivity contribution is -0.143. The van der Waals surface area contributed by atoms with Crippen molar-refractivity contribution in [1.29, 1.82) is 0 Å². The highest BCUT2D eigenvalue weighted by Gasteiger charge is 2.34. The van der Waals surface area contributed by atoms with Crippen LogP contribution in [0.25, 0.3) is 0 Å². The Bertz CT molecular complexity index is 297. The van der Waals surface area contributed by atoms with E-state index in [2.05, 4.69) is 4.90 Å². The van der Waals surface area contributed by atoms with Gasteiger partial charge in [-0.15, -0.1) is 0 Å². The summed E-state index contributed by atoms with van der Waals surface area (Å²) in [6.45, 7) is 3.32. The standard InChI is InChI=1S/C10H16N2O4/c1-11-2-4-12(5-3-11)9(10(13)14)8-6-15-7-16-8/h6,9H,2-5,7H2,1H3,(H,13,14). The SMILES string of the molecule is CN1CCN(C(C(=O)O)C2=COCO2)CC1. The molecule has 2 rings (SSSR count). The summed E-state index contributed by atoms with van der Waals surface area (Å²) in [4.78, 5) is 15.3. The molecule has 0 radical (unpaired) electrons. The highest BCUT2D eigenvalue weighted by Crippen LogP contribution is 2.18. The Morgan fingerprint density at radius 1 is 1.44 bits per heavy atom. The maximum Gasteiger partial charge on any atom is 0.328 e. The lowest BCUT2D eigenvalue weighted by atomic mass is 10.2. The zero-order valence-corrected chi connectivity index (χ0v) is 9.26. The predicted octanol–water partition coefficient (Wildman–Crippen LogP) is -0.467. The molecule has 6 nitrogen and oxygen atoms in total. The second-order valence-electron chi connectivity index (χ2n) is 4.03. The maximum atomic E-state index is 11.2. The summed E-state index contributed by atoms with van der Waals surface area (Å²) >= 11 is 0. The van der Waals surface area contributed by atoms with Gasteiger partial charge in [0, 0.05) is 26.2 Å². The third kappa shape index (κ3) is 2.28. The molecule has 90 valence electrons. The Morgan fingerprint density at radius 2 is 2.12 bits per heavy atom. The van der Waals surface area contributed by atoms with Gasteiger partial charge in [-0.3, -0.25) is 9.69 Å². The molecular weight excluding hydrogens is 212 g/mol. The van der Waals surface area contributed by atoms with Gasteiger partial charge < -0.3 is 19.5 Å². The molecule has 16 heavy (non-hydrogen) atoms. The minimum absolute atomic E-state index is 0.118. The monoisotopic (exact) mass is 228 g/mol. The zero-order chi connectivity index (χ0) is 11.5. The third-order valence-corrected chi connectivity index (χ3v) is 2.90. The summed E-state index contributed by atoms with van der Waals surface area (Å²) < 4.78 is 10.1. The molecule has 1 saturated heterocycles. The topological polar surface area (TPSA) is 62.2 Å². The van der Waals surface area contributed by atoms with E-state index < -0.39 is 12.0 Å². The first-order valence-corrected chi connectivity index (χ1v) is 5.28. The lowest BCUT2D eigenvalue weighted by Crippen LogP contribution is -2.52. The van der Waals surface area contributed by atoms with Crippen LogP contribution in [0, 0.1) is 0 Å². The van der Waals surface area contributed by atoms with E-state index in [0.717, 1.165) is 26.2 Å². The number of hydrogen-bond acceptors (Lipinski definition) is 5. The first kappa shape index (κ1) is 11.2. The Morgan fingerprint density at radius 3 is 2.62 bits per heavy atom. The summed E-state index contributed by atoms with van der Waals surface area (Å²) in [5.74, 6) is -0.488. The predicted molar refractivity (Wildman–Crippen MR) is 55.6 cm³/mol. The highest BCUT2D eigenvalue weighted by molar-refractivity contribution is 5.76. The van der Waals surface area contributed by atoms with Crippen molar-refractivity contribution in [3.63, 3.8) is 0 Å². The molecule has 0 spiro atoms. The van der Waals surface area contributed by atoms with E-state index in [-0.39, 0.29) is 6.79 Å². The van der Waals surface area contributed by atoms with Crippen molar-refractivity contribution in [2.24, 2.45) is 0 Å².